The maximum atomic E-state index is 11.5. The van der Waals surface area contributed by atoms with Crippen LogP contribution in [0.15, 0.2) is 24.3 Å². The van der Waals surface area contributed by atoms with Crippen LogP contribution in [0.4, 0.5) is 0 Å². The molecule has 0 radical (unpaired) electrons. The first-order chi connectivity index (χ1) is 9.28. The predicted molar refractivity (Wildman–Crippen MR) is 72.9 cm³/mol. The van der Waals surface area contributed by atoms with E-state index in [2.05, 4.69) is 17.0 Å². The standard InChI is InChI=1S/C15H21NO3/c1-2-19-15(17)11-13-4-3-5-14(10-13)12-16-6-8-18-9-7-16/h3-5,10H,2,6-9,11-12H2,1H3. The van der Waals surface area contributed by atoms with Gasteiger partial charge in [0.25, 0.3) is 0 Å². The van der Waals surface area contributed by atoms with Crippen LogP contribution in [0.1, 0.15) is 18.1 Å². The van der Waals surface area contributed by atoms with Crippen LogP contribution in [-0.2, 0) is 27.2 Å². The summed E-state index contributed by atoms with van der Waals surface area (Å²) in [7, 11) is 0. The normalized spacial score (nSPS) is 16.3. The highest BCUT2D eigenvalue weighted by Crippen LogP contribution is 2.11. The van der Waals surface area contributed by atoms with Gasteiger partial charge in [0.1, 0.15) is 0 Å². The molecular formula is C15H21NO3. The molecule has 0 atom stereocenters. The number of hydrogen-bond acceptors (Lipinski definition) is 4. The van der Waals surface area contributed by atoms with Crippen LogP contribution >= 0.6 is 0 Å². The number of nitrogens with zero attached hydrogens (tertiary/aromatic N) is 1. The van der Waals surface area contributed by atoms with Crippen LogP contribution in [-0.4, -0.2) is 43.8 Å². The van der Waals surface area contributed by atoms with Crippen molar-refractivity contribution in [2.75, 3.05) is 32.9 Å². The molecule has 1 fully saturated rings. The van der Waals surface area contributed by atoms with Crippen molar-refractivity contribution in [2.24, 2.45) is 0 Å². The summed E-state index contributed by atoms with van der Waals surface area (Å²) in [5.74, 6) is -0.161. The second kappa shape index (κ2) is 7.26. The van der Waals surface area contributed by atoms with Gasteiger partial charge in [-0.05, 0) is 18.1 Å². The van der Waals surface area contributed by atoms with Gasteiger partial charge >= 0.3 is 5.97 Å². The van der Waals surface area contributed by atoms with E-state index >= 15 is 0 Å². The van der Waals surface area contributed by atoms with Gasteiger partial charge in [-0.25, -0.2) is 0 Å². The van der Waals surface area contributed by atoms with Gasteiger partial charge in [-0.1, -0.05) is 24.3 Å². The van der Waals surface area contributed by atoms with Gasteiger partial charge in [-0.15, -0.1) is 0 Å². The Bertz CT molecular complexity index is 414. The van der Waals surface area contributed by atoms with Crippen molar-refractivity contribution in [1.82, 2.24) is 4.90 Å². The van der Waals surface area contributed by atoms with Crippen LogP contribution in [0, 0.1) is 0 Å². The Hall–Kier alpha value is -1.39. The summed E-state index contributed by atoms with van der Waals surface area (Å²) < 4.78 is 10.3. The number of hydrogen-bond donors (Lipinski definition) is 0. The third-order valence-corrected chi connectivity index (χ3v) is 3.16. The average molecular weight is 263 g/mol. The van der Waals surface area contributed by atoms with Crippen molar-refractivity contribution in [3.63, 3.8) is 0 Å². The molecule has 4 nitrogen and oxygen atoms in total. The molecule has 1 aromatic rings. The summed E-state index contributed by atoms with van der Waals surface area (Å²) in [5.41, 5.74) is 2.26. The molecule has 1 aliphatic heterocycles. The van der Waals surface area contributed by atoms with Crippen molar-refractivity contribution in [3.05, 3.63) is 35.4 Å². The summed E-state index contributed by atoms with van der Waals surface area (Å²) in [6, 6.07) is 8.17. The van der Waals surface area contributed by atoms with Crippen LogP contribution in [0.3, 0.4) is 0 Å². The third kappa shape index (κ3) is 4.65. The number of ether oxygens (including phenoxy) is 2. The minimum atomic E-state index is -0.161. The molecule has 0 aromatic heterocycles. The molecule has 0 spiro atoms. The largest absolute Gasteiger partial charge is 0.466 e. The first-order valence-corrected chi connectivity index (χ1v) is 6.81. The fourth-order valence-electron chi connectivity index (χ4n) is 2.23. The topological polar surface area (TPSA) is 38.8 Å². The van der Waals surface area contributed by atoms with E-state index in [1.807, 2.05) is 19.1 Å². The molecule has 2 rings (SSSR count). The van der Waals surface area contributed by atoms with E-state index in [0.29, 0.717) is 13.0 Å². The molecule has 104 valence electrons. The van der Waals surface area contributed by atoms with E-state index in [-0.39, 0.29) is 5.97 Å². The van der Waals surface area contributed by atoms with Gasteiger partial charge in [0.2, 0.25) is 0 Å². The summed E-state index contributed by atoms with van der Waals surface area (Å²) in [6.07, 6.45) is 0.352. The molecule has 0 saturated carbocycles. The molecule has 0 bridgehead atoms. The van der Waals surface area contributed by atoms with Crippen LogP contribution in [0.25, 0.3) is 0 Å². The Morgan fingerprint density at radius 3 is 2.79 bits per heavy atom. The highest BCUT2D eigenvalue weighted by atomic mass is 16.5. The minimum Gasteiger partial charge on any atom is -0.466 e. The Morgan fingerprint density at radius 2 is 2.05 bits per heavy atom. The van der Waals surface area contributed by atoms with Gasteiger partial charge in [-0.2, -0.15) is 0 Å². The number of morpholine rings is 1. The van der Waals surface area contributed by atoms with E-state index in [1.165, 1.54) is 5.56 Å². The zero-order valence-electron chi connectivity index (χ0n) is 11.4. The number of rotatable bonds is 5. The van der Waals surface area contributed by atoms with Crippen LogP contribution in [0.2, 0.25) is 0 Å². The van der Waals surface area contributed by atoms with Crippen molar-refractivity contribution < 1.29 is 14.3 Å². The Kier molecular flexibility index (Phi) is 5.36. The van der Waals surface area contributed by atoms with Crippen molar-refractivity contribution >= 4 is 5.97 Å². The molecule has 19 heavy (non-hydrogen) atoms. The SMILES string of the molecule is CCOC(=O)Cc1cccc(CN2CCOCC2)c1. The molecule has 1 saturated heterocycles. The molecular weight excluding hydrogens is 242 g/mol. The smallest absolute Gasteiger partial charge is 0.310 e. The molecule has 0 aliphatic carbocycles. The predicted octanol–water partition coefficient (Wildman–Crippen LogP) is 1.62. The van der Waals surface area contributed by atoms with E-state index in [9.17, 15) is 4.79 Å². The van der Waals surface area contributed by atoms with E-state index in [4.69, 9.17) is 9.47 Å². The fourth-order valence-corrected chi connectivity index (χ4v) is 2.23. The lowest BCUT2D eigenvalue weighted by molar-refractivity contribution is -0.142. The zero-order valence-corrected chi connectivity index (χ0v) is 11.4. The van der Waals surface area contributed by atoms with Crippen molar-refractivity contribution in [2.45, 2.75) is 19.9 Å². The third-order valence-electron chi connectivity index (χ3n) is 3.16. The molecule has 0 N–H and O–H groups in total. The fraction of sp³-hybridized carbons (Fsp3) is 0.533. The lowest BCUT2D eigenvalue weighted by atomic mass is 10.1. The minimum absolute atomic E-state index is 0.161. The maximum Gasteiger partial charge on any atom is 0.310 e. The zero-order chi connectivity index (χ0) is 13.5. The summed E-state index contributed by atoms with van der Waals surface area (Å²) >= 11 is 0. The van der Waals surface area contributed by atoms with Crippen molar-refractivity contribution in [1.29, 1.82) is 0 Å². The summed E-state index contributed by atoms with van der Waals surface area (Å²) in [4.78, 5) is 13.8. The maximum absolute atomic E-state index is 11.5. The average Bonchev–Trinajstić information content (AvgIpc) is 2.40. The Morgan fingerprint density at radius 1 is 1.32 bits per heavy atom. The number of benzene rings is 1. The summed E-state index contributed by atoms with van der Waals surface area (Å²) in [6.45, 7) is 6.74. The van der Waals surface area contributed by atoms with Gasteiger partial charge in [0.15, 0.2) is 0 Å². The lowest BCUT2D eigenvalue weighted by Crippen LogP contribution is -2.35. The van der Waals surface area contributed by atoms with Gasteiger partial charge in [0.05, 0.1) is 26.2 Å². The lowest BCUT2D eigenvalue weighted by Gasteiger charge is -2.26. The highest BCUT2D eigenvalue weighted by molar-refractivity contribution is 5.72. The van der Waals surface area contributed by atoms with Crippen LogP contribution in [0.5, 0.6) is 0 Å². The highest BCUT2D eigenvalue weighted by Gasteiger charge is 2.11. The van der Waals surface area contributed by atoms with E-state index in [1.54, 1.807) is 0 Å². The first-order valence-electron chi connectivity index (χ1n) is 6.81. The second-order valence-corrected chi connectivity index (χ2v) is 4.69. The van der Waals surface area contributed by atoms with E-state index < -0.39 is 0 Å². The number of carbonyl (C=O) groups is 1. The molecule has 0 amide bonds. The molecule has 4 heteroatoms. The second-order valence-electron chi connectivity index (χ2n) is 4.69. The van der Waals surface area contributed by atoms with Crippen LogP contribution < -0.4 is 0 Å². The summed E-state index contributed by atoms with van der Waals surface area (Å²) in [5, 5.41) is 0. The monoisotopic (exact) mass is 263 g/mol. The van der Waals surface area contributed by atoms with Gasteiger partial charge in [-0.3, -0.25) is 9.69 Å². The van der Waals surface area contributed by atoms with E-state index in [0.717, 1.165) is 38.4 Å². The molecule has 1 aliphatic rings. The first kappa shape index (κ1) is 14.0. The van der Waals surface area contributed by atoms with Crippen molar-refractivity contribution in [3.8, 4) is 0 Å². The quantitative estimate of drug-likeness (QED) is 0.757. The Balaban J connectivity index is 1.92. The molecule has 0 unspecified atom stereocenters. The number of carbonyl (C=O) groups excluding carboxylic acids is 1. The number of esters is 1. The molecule has 1 aromatic carbocycles. The Labute approximate surface area is 114 Å². The van der Waals surface area contributed by atoms with Gasteiger partial charge in [0, 0.05) is 19.6 Å². The molecule has 1 heterocycles. The van der Waals surface area contributed by atoms with Gasteiger partial charge < -0.3 is 9.47 Å².